The highest BCUT2D eigenvalue weighted by atomic mass is 16.4. The fourth-order valence-electron chi connectivity index (χ4n) is 1.75. The summed E-state index contributed by atoms with van der Waals surface area (Å²) in [5, 5.41) is 8.77. The molecule has 2 rings (SSSR count). The molecule has 92 valence electrons. The van der Waals surface area contributed by atoms with Gasteiger partial charge in [0.25, 0.3) is 5.56 Å². The van der Waals surface area contributed by atoms with Gasteiger partial charge in [-0.25, -0.2) is 4.79 Å². The lowest BCUT2D eigenvalue weighted by molar-refractivity contribution is 0.0697. The Labute approximate surface area is 104 Å². The third kappa shape index (κ3) is 2.85. The van der Waals surface area contributed by atoms with Gasteiger partial charge in [0.05, 0.1) is 5.56 Å². The van der Waals surface area contributed by atoms with Crippen molar-refractivity contribution in [3.8, 4) is 0 Å². The number of aromatic amines is 1. The second kappa shape index (κ2) is 5.31. The van der Waals surface area contributed by atoms with E-state index in [0.717, 1.165) is 11.1 Å². The molecule has 0 saturated carbocycles. The molecule has 1 aromatic carbocycles. The van der Waals surface area contributed by atoms with Crippen LogP contribution in [-0.2, 0) is 12.8 Å². The maximum absolute atomic E-state index is 11.5. The minimum atomic E-state index is -0.930. The zero-order chi connectivity index (χ0) is 13.0. The third-order valence-electron chi connectivity index (χ3n) is 2.78. The van der Waals surface area contributed by atoms with Gasteiger partial charge < -0.3 is 10.1 Å². The predicted octanol–water partition coefficient (Wildman–Crippen LogP) is 1.86. The molecule has 0 amide bonds. The quantitative estimate of drug-likeness (QED) is 0.861. The Bertz CT molecular complexity index is 599. The van der Waals surface area contributed by atoms with Crippen molar-refractivity contribution in [1.82, 2.24) is 4.98 Å². The summed E-state index contributed by atoms with van der Waals surface area (Å²) in [6, 6.07) is 10.3. The van der Waals surface area contributed by atoms with E-state index >= 15 is 0 Å². The van der Waals surface area contributed by atoms with Crippen LogP contribution in [-0.4, -0.2) is 16.1 Å². The van der Waals surface area contributed by atoms with Gasteiger partial charge >= 0.3 is 5.97 Å². The molecule has 0 atom stereocenters. The predicted molar refractivity (Wildman–Crippen MR) is 67.9 cm³/mol. The van der Waals surface area contributed by atoms with Gasteiger partial charge in [-0.15, -0.1) is 0 Å². The van der Waals surface area contributed by atoms with E-state index in [-0.39, 0.29) is 11.1 Å². The van der Waals surface area contributed by atoms with E-state index < -0.39 is 5.97 Å². The van der Waals surface area contributed by atoms with Crippen molar-refractivity contribution in [2.24, 2.45) is 0 Å². The van der Waals surface area contributed by atoms with E-state index in [4.69, 9.17) is 5.11 Å². The molecule has 0 bridgehead atoms. The SMILES string of the molecule is O=C(O)c1ccc(CCc2ccc[nH]c2=O)cc1. The maximum atomic E-state index is 11.5. The van der Waals surface area contributed by atoms with Crippen LogP contribution in [0.15, 0.2) is 47.4 Å². The zero-order valence-corrected chi connectivity index (χ0v) is 9.72. The van der Waals surface area contributed by atoms with Crippen LogP contribution in [0.1, 0.15) is 21.5 Å². The smallest absolute Gasteiger partial charge is 0.335 e. The summed E-state index contributed by atoms with van der Waals surface area (Å²) in [5.41, 5.74) is 1.96. The number of aryl methyl sites for hydroxylation is 2. The number of carbonyl (C=O) groups is 1. The van der Waals surface area contributed by atoms with Gasteiger partial charge in [-0.05, 0) is 36.6 Å². The second-order valence-corrected chi connectivity index (χ2v) is 4.03. The lowest BCUT2D eigenvalue weighted by Crippen LogP contribution is -2.11. The van der Waals surface area contributed by atoms with E-state index in [0.29, 0.717) is 12.8 Å². The van der Waals surface area contributed by atoms with E-state index in [1.54, 1.807) is 42.6 Å². The highest BCUT2D eigenvalue weighted by Crippen LogP contribution is 2.07. The van der Waals surface area contributed by atoms with Gasteiger partial charge in [-0.3, -0.25) is 4.79 Å². The molecule has 4 heteroatoms. The minimum Gasteiger partial charge on any atom is -0.478 e. The molecule has 2 N–H and O–H groups in total. The molecule has 4 nitrogen and oxygen atoms in total. The number of rotatable bonds is 4. The lowest BCUT2D eigenvalue weighted by Gasteiger charge is -2.02. The second-order valence-electron chi connectivity index (χ2n) is 4.03. The summed E-state index contributed by atoms with van der Waals surface area (Å²) >= 11 is 0. The summed E-state index contributed by atoms with van der Waals surface area (Å²) in [4.78, 5) is 24.8. The van der Waals surface area contributed by atoms with Gasteiger partial charge in [0.15, 0.2) is 0 Å². The monoisotopic (exact) mass is 243 g/mol. The molecule has 0 aliphatic rings. The first-order valence-corrected chi connectivity index (χ1v) is 5.65. The first-order chi connectivity index (χ1) is 8.66. The highest BCUT2D eigenvalue weighted by molar-refractivity contribution is 5.87. The van der Waals surface area contributed by atoms with Gasteiger partial charge in [-0.2, -0.15) is 0 Å². The minimum absolute atomic E-state index is 0.0698. The molecule has 2 aromatic rings. The number of hydrogen-bond acceptors (Lipinski definition) is 2. The Morgan fingerprint density at radius 1 is 1.11 bits per heavy atom. The molecule has 1 heterocycles. The van der Waals surface area contributed by atoms with Crippen LogP contribution in [0.5, 0.6) is 0 Å². The van der Waals surface area contributed by atoms with E-state index in [2.05, 4.69) is 4.98 Å². The Kier molecular flexibility index (Phi) is 3.57. The topological polar surface area (TPSA) is 70.2 Å². The van der Waals surface area contributed by atoms with Crippen molar-refractivity contribution in [3.05, 3.63) is 69.6 Å². The zero-order valence-electron chi connectivity index (χ0n) is 9.72. The first kappa shape index (κ1) is 12.1. The maximum Gasteiger partial charge on any atom is 0.335 e. The standard InChI is InChI=1S/C14H13NO3/c16-13-11(2-1-9-15-13)6-3-10-4-7-12(8-5-10)14(17)18/h1-2,4-5,7-9H,3,6H2,(H,15,16)(H,17,18). The van der Waals surface area contributed by atoms with Crippen molar-refractivity contribution in [2.75, 3.05) is 0 Å². The highest BCUT2D eigenvalue weighted by Gasteiger charge is 2.03. The number of aromatic carboxylic acids is 1. The molecule has 0 spiro atoms. The van der Waals surface area contributed by atoms with Gasteiger partial charge in [0.2, 0.25) is 0 Å². The first-order valence-electron chi connectivity index (χ1n) is 5.65. The molecule has 0 aliphatic carbocycles. The van der Waals surface area contributed by atoms with Crippen molar-refractivity contribution in [2.45, 2.75) is 12.8 Å². The van der Waals surface area contributed by atoms with E-state index in [9.17, 15) is 9.59 Å². The Hall–Kier alpha value is -2.36. The Balaban J connectivity index is 2.05. The van der Waals surface area contributed by atoms with Crippen LogP contribution < -0.4 is 5.56 Å². The summed E-state index contributed by atoms with van der Waals surface area (Å²) in [7, 11) is 0. The van der Waals surface area contributed by atoms with Gasteiger partial charge in [-0.1, -0.05) is 18.2 Å². The fraction of sp³-hybridized carbons (Fsp3) is 0.143. The van der Waals surface area contributed by atoms with Crippen molar-refractivity contribution in [1.29, 1.82) is 0 Å². The number of carboxylic acid groups (broad SMARTS) is 1. The summed E-state index contributed by atoms with van der Waals surface area (Å²) in [6.45, 7) is 0. The van der Waals surface area contributed by atoms with E-state index in [1.165, 1.54) is 0 Å². The number of H-pyrrole nitrogens is 1. The van der Waals surface area contributed by atoms with Crippen LogP contribution in [0.4, 0.5) is 0 Å². The van der Waals surface area contributed by atoms with Gasteiger partial charge in [0.1, 0.15) is 0 Å². The van der Waals surface area contributed by atoms with E-state index in [1.807, 2.05) is 0 Å². The van der Waals surface area contributed by atoms with Crippen molar-refractivity contribution >= 4 is 5.97 Å². The number of benzene rings is 1. The number of nitrogens with one attached hydrogen (secondary N) is 1. The molecular formula is C14H13NO3. The number of carboxylic acids is 1. The molecule has 0 aliphatic heterocycles. The molecule has 0 fully saturated rings. The Morgan fingerprint density at radius 2 is 1.83 bits per heavy atom. The summed E-state index contributed by atoms with van der Waals surface area (Å²) < 4.78 is 0. The third-order valence-corrected chi connectivity index (χ3v) is 2.78. The van der Waals surface area contributed by atoms with Crippen molar-refractivity contribution < 1.29 is 9.90 Å². The van der Waals surface area contributed by atoms with Crippen LogP contribution in [0.3, 0.4) is 0 Å². The molecule has 18 heavy (non-hydrogen) atoms. The molecule has 1 aromatic heterocycles. The molecule has 0 unspecified atom stereocenters. The summed E-state index contributed by atoms with van der Waals surface area (Å²) in [6.07, 6.45) is 2.96. The fourth-order valence-corrected chi connectivity index (χ4v) is 1.75. The van der Waals surface area contributed by atoms with Crippen LogP contribution in [0.25, 0.3) is 0 Å². The van der Waals surface area contributed by atoms with Crippen LogP contribution in [0.2, 0.25) is 0 Å². The molecular weight excluding hydrogens is 230 g/mol. The summed E-state index contributed by atoms with van der Waals surface area (Å²) in [5.74, 6) is -0.930. The normalized spacial score (nSPS) is 10.2. The van der Waals surface area contributed by atoms with Gasteiger partial charge in [0, 0.05) is 11.8 Å². The largest absolute Gasteiger partial charge is 0.478 e. The van der Waals surface area contributed by atoms with Crippen LogP contribution in [0, 0.1) is 0 Å². The number of pyridine rings is 1. The number of hydrogen-bond donors (Lipinski definition) is 2. The average molecular weight is 243 g/mol. The molecule has 0 saturated heterocycles. The van der Waals surface area contributed by atoms with Crippen molar-refractivity contribution in [3.63, 3.8) is 0 Å². The lowest BCUT2D eigenvalue weighted by atomic mass is 10.0. The van der Waals surface area contributed by atoms with Crippen LogP contribution >= 0.6 is 0 Å². The molecule has 0 radical (unpaired) electrons. The Morgan fingerprint density at radius 3 is 2.44 bits per heavy atom. The number of aromatic nitrogens is 1. The average Bonchev–Trinajstić information content (AvgIpc) is 2.38.